The molecule has 2 rings (SSSR count). The zero-order valence-electron chi connectivity index (χ0n) is 17.9. The van der Waals surface area contributed by atoms with Crippen LogP contribution in [0.15, 0.2) is 48.2 Å². The van der Waals surface area contributed by atoms with Gasteiger partial charge < -0.3 is 24.8 Å². The third-order valence-corrected chi connectivity index (χ3v) is 4.42. The van der Waals surface area contributed by atoms with Crippen molar-refractivity contribution >= 4 is 11.6 Å². The first-order chi connectivity index (χ1) is 14.4. The Morgan fingerprint density at radius 3 is 2.53 bits per heavy atom. The molecule has 30 heavy (non-hydrogen) atoms. The van der Waals surface area contributed by atoms with E-state index in [1.54, 1.807) is 25.3 Å². The molecule has 158 valence electrons. The summed E-state index contributed by atoms with van der Waals surface area (Å²) in [6.45, 7) is 6.25. The van der Waals surface area contributed by atoms with E-state index in [1.165, 1.54) is 13.3 Å². The van der Waals surface area contributed by atoms with E-state index >= 15 is 0 Å². The molecule has 0 aliphatic rings. The molecule has 7 nitrogen and oxygen atoms in total. The van der Waals surface area contributed by atoms with Crippen LogP contribution >= 0.6 is 0 Å². The van der Waals surface area contributed by atoms with Crippen molar-refractivity contribution in [1.29, 1.82) is 5.26 Å². The van der Waals surface area contributed by atoms with Gasteiger partial charge in [0.05, 0.1) is 32.6 Å². The highest BCUT2D eigenvalue weighted by atomic mass is 16.5. The molecule has 0 saturated heterocycles. The highest BCUT2D eigenvalue weighted by Crippen LogP contribution is 2.29. The molecular weight excluding hydrogens is 382 g/mol. The second-order valence-electron chi connectivity index (χ2n) is 6.55. The lowest BCUT2D eigenvalue weighted by Crippen LogP contribution is -2.28. The first-order valence-electron chi connectivity index (χ1n) is 9.56. The molecule has 0 bridgehead atoms. The topological polar surface area (TPSA) is 92.6 Å². The zero-order chi connectivity index (χ0) is 22.1. The molecule has 1 amide bonds. The Balaban J connectivity index is 2.19. The first-order valence-corrected chi connectivity index (χ1v) is 9.56. The SMILES string of the molecule is CCOc1ccc(C)cc1C(C)NC(=O)/C(C#N)=C\Nc1cc(OC)ccc1OC. The van der Waals surface area contributed by atoms with E-state index in [0.29, 0.717) is 29.5 Å². The van der Waals surface area contributed by atoms with E-state index in [4.69, 9.17) is 14.2 Å². The van der Waals surface area contributed by atoms with Gasteiger partial charge in [0, 0.05) is 17.8 Å². The summed E-state index contributed by atoms with van der Waals surface area (Å²) < 4.78 is 16.2. The van der Waals surface area contributed by atoms with Crippen LogP contribution in [0.2, 0.25) is 0 Å². The number of amides is 1. The van der Waals surface area contributed by atoms with Crippen LogP contribution in [-0.4, -0.2) is 26.7 Å². The van der Waals surface area contributed by atoms with Crippen LogP contribution in [0, 0.1) is 18.3 Å². The summed E-state index contributed by atoms with van der Waals surface area (Å²) in [5.41, 5.74) is 2.41. The summed E-state index contributed by atoms with van der Waals surface area (Å²) in [6, 6.07) is 12.6. The maximum atomic E-state index is 12.7. The van der Waals surface area contributed by atoms with Crippen LogP contribution in [0.4, 0.5) is 5.69 Å². The van der Waals surface area contributed by atoms with Gasteiger partial charge in [0.1, 0.15) is 28.9 Å². The van der Waals surface area contributed by atoms with E-state index < -0.39 is 5.91 Å². The van der Waals surface area contributed by atoms with Crippen LogP contribution in [0.1, 0.15) is 31.0 Å². The second-order valence-corrected chi connectivity index (χ2v) is 6.55. The molecule has 0 aliphatic carbocycles. The predicted molar refractivity (Wildman–Crippen MR) is 116 cm³/mol. The summed E-state index contributed by atoms with van der Waals surface area (Å²) >= 11 is 0. The van der Waals surface area contributed by atoms with Gasteiger partial charge in [-0.3, -0.25) is 4.79 Å². The number of anilines is 1. The normalized spacial score (nSPS) is 11.8. The van der Waals surface area contributed by atoms with E-state index in [9.17, 15) is 10.1 Å². The second kappa shape index (κ2) is 10.8. The van der Waals surface area contributed by atoms with Crippen molar-refractivity contribution < 1.29 is 19.0 Å². The minimum absolute atomic E-state index is 0.0719. The van der Waals surface area contributed by atoms with E-state index in [-0.39, 0.29) is 11.6 Å². The molecule has 2 N–H and O–H groups in total. The van der Waals surface area contributed by atoms with E-state index in [1.807, 2.05) is 45.0 Å². The van der Waals surface area contributed by atoms with Crippen LogP contribution in [-0.2, 0) is 4.79 Å². The maximum Gasteiger partial charge on any atom is 0.263 e. The Morgan fingerprint density at radius 2 is 1.90 bits per heavy atom. The molecule has 1 atom stereocenters. The molecule has 2 aromatic carbocycles. The zero-order valence-corrected chi connectivity index (χ0v) is 17.9. The lowest BCUT2D eigenvalue weighted by atomic mass is 10.0. The number of ether oxygens (including phenoxy) is 3. The molecule has 0 radical (unpaired) electrons. The van der Waals surface area contributed by atoms with Gasteiger partial charge in [-0.2, -0.15) is 5.26 Å². The minimum Gasteiger partial charge on any atom is -0.497 e. The van der Waals surface area contributed by atoms with Crippen molar-refractivity contribution in [3.63, 3.8) is 0 Å². The molecule has 7 heteroatoms. The number of hydrogen-bond acceptors (Lipinski definition) is 6. The average Bonchev–Trinajstić information content (AvgIpc) is 2.75. The monoisotopic (exact) mass is 409 g/mol. The largest absolute Gasteiger partial charge is 0.497 e. The highest BCUT2D eigenvalue weighted by molar-refractivity contribution is 5.97. The van der Waals surface area contributed by atoms with Crippen molar-refractivity contribution in [2.75, 3.05) is 26.1 Å². The Kier molecular flexibility index (Phi) is 8.12. The number of nitriles is 1. The van der Waals surface area contributed by atoms with Crippen molar-refractivity contribution in [1.82, 2.24) is 5.32 Å². The van der Waals surface area contributed by atoms with Crippen molar-refractivity contribution in [2.45, 2.75) is 26.8 Å². The van der Waals surface area contributed by atoms with Crippen LogP contribution in [0.25, 0.3) is 0 Å². The number of aryl methyl sites for hydroxylation is 1. The Bertz CT molecular complexity index is 963. The lowest BCUT2D eigenvalue weighted by Gasteiger charge is -2.18. The molecule has 0 spiro atoms. The molecular formula is C23H27N3O4. The van der Waals surface area contributed by atoms with Gasteiger partial charge in [-0.25, -0.2) is 0 Å². The molecule has 0 aliphatic heterocycles. The number of nitrogens with zero attached hydrogens (tertiary/aromatic N) is 1. The van der Waals surface area contributed by atoms with Gasteiger partial charge in [0.2, 0.25) is 0 Å². The van der Waals surface area contributed by atoms with Crippen molar-refractivity contribution in [3.05, 3.63) is 59.3 Å². The number of methoxy groups -OCH3 is 2. The van der Waals surface area contributed by atoms with E-state index in [2.05, 4.69) is 10.6 Å². The molecule has 0 heterocycles. The highest BCUT2D eigenvalue weighted by Gasteiger charge is 2.17. The summed E-state index contributed by atoms with van der Waals surface area (Å²) in [5, 5.41) is 15.3. The van der Waals surface area contributed by atoms with E-state index in [0.717, 1.165) is 11.1 Å². The average molecular weight is 409 g/mol. The number of carbonyl (C=O) groups excluding carboxylic acids is 1. The van der Waals surface area contributed by atoms with Gasteiger partial charge >= 0.3 is 0 Å². The number of nitrogens with one attached hydrogen (secondary N) is 2. The Morgan fingerprint density at radius 1 is 1.17 bits per heavy atom. The third kappa shape index (κ3) is 5.67. The van der Waals surface area contributed by atoms with Crippen molar-refractivity contribution in [2.24, 2.45) is 0 Å². The molecule has 2 aromatic rings. The molecule has 0 aromatic heterocycles. The van der Waals surface area contributed by atoms with Gasteiger partial charge in [-0.1, -0.05) is 17.7 Å². The van der Waals surface area contributed by atoms with Crippen LogP contribution in [0.3, 0.4) is 0 Å². The minimum atomic E-state index is -0.497. The Hall–Kier alpha value is -3.66. The number of hydrogen-bond donors (Lipinski definition) is 2. The first kappa shape index (κ1) is 22.6. The number of carbonyl (C=O) groups is 1. The summed E-state index contributed by atoms with van der Waals surface area (Å²) in [7, 11) is 3.09. The van der Waals surface area contributed by atoms with Gasteiger partial charge in [0.15, 0.2) is 0 Å². The quantitative estimate of drug-likeness (QED) is 0.478. The van der Waals surface area contributed by atoms with Crippen LogP contribution < -0.4 is 24.8 Å². The molecule has 0 saturated carbocycles. The number of rotatable bonds is 9. The fourth-order valence-electron chi connectivity index (χ4n) is 2.87. The summed E-state index contributed by atoms with van der Waals surface area (Å²) in [5.74, 6) is 1.38. The van der Waals surface area contributed by atoms with Gasteiger partial charge in [0.25, 0.3) is 5.91 Å². The standard InChI is InChI=1S/C23H27N3O4/c1-6-30-21-9-7-15(2)11-19(21)16(3)26-23(27)17(13-24)14-25-20-12-18(28-4)8-10-22(20)29-5/h7-12,14,16,25H,6H2,1-5H3,(H,26,27)/b17-14-. The van der Waals surface area contributed by atoms with Crippen molar-refractivity contribution in [3.8, 4) is 23.3 Å². The molecule has 0 fully saturated rings. The maximum absolute atomic E-state index is 12.7. The fraction of sp³-hybridized carbons (Fsp3) is 0.304. The van der Waals surface area contributed by atoms with Crippen LogP contribution in [0.5, 0.6) is 17.2 Å². The summed E-state index contributed by atoms with van der Waals surface area (Å²) in [6.07, 6.45) is 1.35. The smallest absolute Gasteiger partial charge is 0.263 e. The summed E-state index contributed by atoms with van der Waals surface area (Å²) in [4.78, 5) is 12.7. The Labute approximate surface area is 177 Å². The van der Waals surface area contributed by atoms with Gasteiger partial charge in [-0.15, -0.1) is 0 Å². The lowest BCUT2D eigenvalue weighted by molar-refractivity contribution is -0.117. The fourth-order valence-corrected chi connectivity index (χ4v) is 2.87. The molecule has 1 unspecified atom stereocenters. The predicted octanol–water partition coefficient (Wildman–Crippen LogP) is 4.11. The van der Waals surface area contributed by atoms with Gasteiger partial charge in [-0.05, 0) is 39.0 Å². The third-order valence-electron chi connectivity index (χ3n) is 4.42. The number of benzene rings is 2.